The number of hydrogen-bond acceptors (Lipinski definition) is 5. The van der Waals surface area contributed by atoms with Crippen molar-refractivity contribution in [1.82, 2.24) is 25.3 Å². The fourth-order valence-corrected chi connectivity index (χ4v) is 4.88. The number of piperazine rings is 1. The maximum absolute atomic E-state index is 12.6. The molecule has 4 amide bonds. The van der Waals surface area contributed by atoms with E-state index in [1.54, 1.807) is 0 Å². The lowest BCUT2D eigenvalue weighted by molar-refractivity contribution is -0.133. The molecule has 1 aliphatic carbocycles. The molecule has 3 saturated heterocycles. The molecule has 0 aromatic carbocycles. The maximum atomic E-state index is 12.6. The average molecular weight is 363 g/mol. The predicted molar refractivity (Wildman–Crippen MR) is 95.5 cm³/mol. The molecule has 0 radical (unpaired) electrons. The van der Waals surface area contributed by atoms with Gasteiger partial charge in [0.2, 0.25) is 5.91 Å². The summed E-state index contributed by atoms with van der Waals surface area (Å²) in [6.45, 7) is 5.84. The zero-order chi connectivity index (χ0) is 18.1. The lowest BCUT2D eigenvalue weighted by Crippen LogP contribution is -2.49. The third-order valence-electron chi connectivity index (χ3n) is 6.44. The second-order valence-electron chi connectivity index (χ2n) is 7.99. The van der Waals surface area contributed by atoms with E-state index in [4.69, 9.17) is 0 Å². The summed E-state index contributed by atoms with van der Waals surface area (Å²) in [5.74, 6) is -0.0801. The van der Waals surface area contributed by atoms with E-state index >= 15 is 0 Å². The Balaban J connectivity index is 1.28. The van der Waals surface area contributed by atoms with Crippen LogP contribution in [0.2, 0.25) is 0 Å². The lowest BCUT2D eigenvalue weighted by atomic mass is 9.98. The molecule has 4 aliphatic rings. The van der Waals surface area contributed by atoms with Crippen molar-refractivity contribution in [2.75, 3.05) is 45.8 Å². The van der Waals surface area contributed by atoms with E-state index in [9.17, 15) is 14.4 Å². The van der Waals surface area contributed by atoms with E-state index in [1.807, 2.05) is 4.90 Å². The molecule has 1 spiro atoms. The van der Waals surface area contributed by atoms with Gasteiger partial charge in [0, 0.05) is 58.3 Å². The normalized spacial score (nSPS) is 29.0. The summed E-state index contributed by atoms with van der Waals surface area (Å²) >= 11 is 0. The van der Waals surface area contributed by atoms with Gasteiger partial charge in [-0.2, -0.15) is 0 Å². The Morgan fingerprint density at radius 3 is 2.58 bits per heavy atom. The first-order valence-corrected chi connectivity index (χ1v) is 9.96. The van der Waals surface area contributed by atoms with Crippen LogP contribution < -0.4 is 10.6 Å². The average Bonchev–Trinajstić information content (AvgIpc) is 3.36. The minimum Gasteiger partial charge on any atom is -0.341 e. The van der Waals surface area contributed by atoms with E-state index < -0.39 is 5.54 Å². The molecular weight excluding hydrogens is 334 g/mol. The Hall–Kier alpha value is -1.67. The Morgan fingerprint density at radius 2 is 1.85 bits per heavy atom. The van der Waals surface area contributed by atoms with Crippen LogP contribution >= 0.6 is 0 Å². The molecule has 1 saturated carbocycles. The molecule has 8 heteroatoms. The van der Waals surface area contributed by atoms with E-state index in [2.05, 4.69) is 15.5 Å². The first-order chi connectivity index (χ1) is 12.6. The number of carbonyl (C=O) groups excluding carboxylic acids is 3. The molecule has 0 aromatic rings. The first-order valence-electron chi connectivity index (χ1n) is 9.96. The molecule has 144 valence electrons. The second-order valence-corrected chi connectivity index (χ2v) is 7.99. The minimum atomic E-state index is -0.679. The number of urea groups is 1. The van der Waals surface area contributed by atoms with Crippen molar-refractivity contribution in [2.45, 2.75) is 50.1 Å². The van der Waals surface area contributed by atoms with Gasteiger partial charge in [-0.15, -0.1) is 0 Å². The summed E-state index contributed by atoms with van der Waals surface area (Å²) in [7, 11) is 0. The number of amides is 4. The monoisotopic (exact) mass is 363 g/mol. The summed E-state index contributed by atoms with van der Waals surface area (Å²) in [6, 6.07) is 0.115. The van der Waals surface area contributed by atoms with Crippen LogP contribution in [0.1, 0.15) is 38.5 Å². The van der Waals surface area contributed by atoms with Crippen molar-refractivity contribution >= 4 is 17.8 Å². The van der Waals surface area contributed by atoms with E-state index in [-0.39, 0.29) is 30.8 Å². The largest absolute Gasteiger partial charge is 0.341 e. The lowest BCUT2D eigenvalue weighted by Gasteiger charge is -2.32. The van der Waals surface area contributed by atoms with Crippen LogP contribution in [0.4, 0.5) is 4.79 Å². The molecular formula is C18H29N5O3. The van der Waals surface area contributed by atoms with Crippen molar-refractivity contribution in [1.29, 1.82) is 0 Å². The van der Waals surface area contributed by atoms with Crippen LogP contribution in [0.15, 0.2) is 0 Å². The van der Waals surface area contributed by atoms with Crippen LogP contribution in [-0.2, 0) is 9.59 Å². The summed E-state index contributed by atoms with van der Waals surface area (Å²) in [5, 5.41) is 6.23. The zero-order valence-electron chi connectivity index (χ0n) is 15.3. The molecule has 3 aliphatic heterocycles. The Bertz CT molecular complexity index is 583. The van der Waals surface area contributed by atoms with Crippen LogP contribution in [0.5, 0.6) is 0 Å². The van der Waals surface area contributed by atoms with Gasteiger partial charge in [-0.05, 0) is 19.3 Å². The highest BCUT2D eigenvalue weighted by molar-refractivity contribution is 6.07. The van der Waals surface area contributed by atoms with Crippen molar-refractivity contribution in [3.63, 3.8) is 0 Å². The Morgan fingerprint density at radius 1 is 1.12 bits per heavy atom. The number of nitrogens with one attached hydrogen (secondary N) is 2. The summed E-state index contributed by atoms with van der Waals surface area (Å²) in [5.41, 5.74) is -0.679. The van der Waals surface area contributed by atoms with Gasteiger partial charge < -0.3 is 15.5 Å². The van der Waals surface area contributed by atoms with Gasteiger partial charge in [0.1, 0.15) is 5.54 Å². The maximum Gasteiger partial charge on any atom is 0.325 e. The zero-order valence-corrected chi connectivity index (χ0v) is 15.3. The highest BCUT2D eigenvalue weighted by Gasteiger charge is 2.52. The van der Waals surface area contributed by atoms with Crippen LogP contribution in [0, 0.1) is 0 Å². The summed E-state index contributed by atoms with van der Waals surface area (Å²) < 4.78 is 0. The molecule has 1 atom stereocenters. The molecule has 0 bridgehead atoms. The molecule has 3 heterocycles. The van der Waals surface area contributed by atoms with Gasteiger partial charge in [-0.1, -0.05) is 12.8 Å². The van der Waals surface area contributed by atoms with Crippen molar-refractivity contribution in [3.05, 3.63) is 0 Å². The minimum absolute atomic E-state index is 0.0515. The van der Waals surface area contributed by atoms with Crippen molar-refractivity contribution < 1.29 is 14.4 Å². The highest BCUT2D eigenvalue weighted by Crippen LogP contribution is 2.35. The molecule has 0 aromatic heterocycles. The SMILES string of the molecule is O=C(CCN1C(=O)NC2(CCCC2)C1=O)N1CCC(N2CCNCC2)C1. The molecule has 8 nitrogen and oxygen atoms in total. The van der Waals surface area contributed by atoms with E-state index in [0.717, 1.165) is 71.4 Å². The van der Waals surface area contributed by atoms with Crippen LogP contribution in [0.25, 0.3) is 0 Å². The number of carbonyl (C=O) groups is 3. The predicted octanol–water partition coefficient (Wildman–Crippen LogP) is -0.253. The number of nitrogens with zero attached hydrogens (tertiary/aromatic N) is 3. The number of imide groups is 1. The van der Waals surface area contributed by atoms with Gasteiger partial charge in [-0.3, -0.25) is 19.4 Å². The first kappa shape index (κ1) is 17.7. The van der Waals surface area contributed by atoms with Gasteiger partial charge in [0.05, 0.1) is 0 Å². The third-order valence-corrected chi connectivity index (χ3v) is 6.44. The number of likely N-dealkylation sites (tertiary alicyclic amines) is 1. The third kappa shape index (κ3) is 3.20. The smallest absolute Gasteiger partial charge is 0.325 e. The van der Waals surface area contributed by atoms with Crippen LogP contribution in [0.3, 0.4) is 0 Å². The number of rotatable bonds is 4. The van der Waals surface area contributed by atoms with Gasteiger partial charge in [0.25, 0.3) is 5.91 Å². The Kier molecular flexibility index (Phi) is 4.88. The summed E-state index contributed by atoms with van der Waals surface area (Å²) in [4.78, 5) is 43.0. The topological polar surface area (TPSA) is 85.0 Å². The fourth-order valence-electron chi connectivity index (χ4n) is 4.88. The quantitative estimate of drug-likeness (QED) is 0.673. The molecule has 2 N–H and O–H groups in total. The van der Waals surface area contributed by atoms with Crippen molar-refractivity contribution in [2.24, 2.45) is 0 Å². The molecule has 4 fully saturated rings. The summed E-state index contributed by atoms with van der Waals surface area (Å²) in [6.07, 6.45) is 4.63. The van der Waals surface area contributed by atoms with Crippen LogP contribution in [-0.4, -0.2) is 89.9 Å². The van der Waals surface area contributed by atoms with Gasteiger partial charge in [0.15, 0.2) is 0 Å². The molecule has 1 unspecified atom stereocenters. The van der Waals surface area contributed by atoms with E-state index in [1.165, 1.54) is 4.90 Å². The Labute approximate surface area is 154 Å². The number of hydrogen-bond donors (Lipinski definition) is 2. The standard InChI is InChI=1S/C18H29N5O3/c24-15(22-9-3-14(13-22)21-11-7-19-8-12-21)4-10-23-16(25)18(20-17(23)26)5-1-2-6-18/h14,19H,1-13H2,(H,20,26). The highest BCUT2D eigenvalue weighted by atomic mass is 16.2. The van der Waals surface area contributed by atoms with Gasteiger partial charge in [-0.25, -0.2) is 4.79 Å². The van der Waals surface area contributed by atoms with E-state index in [0.29, 0.717) is 6.04 Å². The molecule has 26 heavy (non-hydrogen) atoms. The molecule has 4 rings (SSSR count). The van der Waals surface area contributed by atoms with Gasteiger partial charge >= 0.3 is 6.03 Å². The fraction of sp³-hybridized carbons (Fsp3) is 0.833. The second kappa shape index (κ2) is 7.15. The van der Waals surface area contributed by atoms with Crippen molar-refractivity contribution in [3.8, 4) is 0 Å².